The van der Waals surface area contributed by atoms with Crippen molar-refractivity contribution in [2.24, 2.45) is 7.05 Å². The van der Waals surface area contributed by atoms with E-state index in [0.717, 1.165) is 5.69 Å². The van der Waals surface area contributed by atoms with E-state index < -0.39 is 23.9 Å². The van der Waals surface area contributed by atoms with Crippen molar-refractivity contribution in [3.63, 3.8) is 0 Å². The van der Waals surface area contributed by atoms with Gasteiger partial charge in [0.1, 0.15) is 17.9 Å². The summed E-state index contributed by atoms with van der Waals surface area (Å²) >= 11 is 0. The molecule has 1 unspecified atom stereocenters. The molecule has 1 fully saturated rings. The van der Waals surface area contributed by atoms with E-state index in [0.29, 0.717) is 18.5 Å². The van der Waals surface area contributed by atoms with Crippen molar-refractivity contribution < 1.29 is 18.7 Å². The van der Waals surface area contributed by atoms with Gasteiger partial charge in [-0.3, -0.25) is 4.68 Å². The molecule has 23 heavy (non-hydrogen) atoms. The van der Waals surface area contributed by atoms with Gasteiger partial charge in [-0.05, 0) is 33.6 Å². The molecule has 3 N–H and O–H groups in total. The first-order valence-corrected chi connectivity index (χ1v) is 7.70. The molecule has 1 amide bonds. The molecule has 0 spiro atoms. The van der Waals surface area contributed by atoms with Gasteiger partial charge in [0.25, 0.3) is 0 Å². The number of rotatable bonds is 2. The lowest BCUT2D eigenvalue weighted by atomic mass is 10.0. The second-order valence-corrected chi connectivity index (χ2v) is 6.78. The summed E-state index contributed by atoms with van der Waals surface area (Å²) in [4.78, 5) is 11.8. The first kappa shape index (κ1) is 17.5. The minimum atomic E-state index is -1.30. The van der Waals surface area contributed by atoms with Crippen LogP contribution in [0.2, 0.25) is 0 Å². The van der Waals surface area contributed by atoms with Crippen LogP contribution < -0.4 is 11.1 Å². The Bertz CT molecular complexity index is 536. The number of halogens is 1. The predicted octanol–water partition coefficient (Wildman–Crippen LogP) is 2.09. The van der Waals surface area contributed by atoms with Crippen LogP contribution in [0.1, 0.15) is 45.4 Å². The summed E-state index contributed by atoms with van der Waals surface area (Å²) in [6, 6.07) is -0.649. The zero-order valence-corrected chi connectivity index (χ0v) is 14.0. The normalized spacial score (nSPS) is 25.7. The van der Waals surface area contributed by atoms with Gasteiger partial charge in [0.15, 0.2) is 0 Å². The second kappa shape index (κ2) is 6.74. The number of hydrogen-bond acceptors (Lipinski definition) is 5. The third-order valence-electron chi connectivity index (χ3n) is 3.65. The van der Waals surface area contributed by atoms with E-state index >= 15 is 0 Å². The fourth-order valence-corrected chi connectivity index (χ4v) is 2.61. The van der Waals surface area contributed by atoms with Crippen molar-refractivity contribution in [3.05, 3.63) is 11.9 Å². The molecule has 1 aliphatic heterocycles. The smallest absolute Gasteiger partial charge is 0.407 e. The number of carbonyl (C=O) groups excluding carboxylic acids is 1. The first-order valence-electron chi connectivity index (χ1n) is 7.70. The van der Waals surface area contributed by atoms with E-state index in [9.17, 15) is 9.18 Å². The van der Waals surface area contributed by atoms with E-state index in [2.05, 4.69) is 10.4 Å². The van der Waals surface area contributed by atoms with Gasteiger partial charge in [0.05, 0.1) is 30.2 Å². The Kier molecular flexibility index (Phi) is 5.13. The van der Waals surface area contributed by atoms with Crippen LogP contribution >= 0.6 is 0 Å². The molecule has 0 bridgehead atoms. The second-order valence-electron chi connectivity index (χ2n) is 6.78. The monoisotopic (exact) mass is 328 g/mol. The molecule has 2 heterocycles. The molecule has 2 rings (SSSR count). The number of alkyl halides is 1. The van der Waals surface area contributed by atoms with E-state index in [1.54, 1.807) is 38.7 Å². The van der Waals surface area contributed by atoms with Gasteiger partial charge in [-0.1, -0.05) is 0 Å². The number of alkyl carbamates (subject to hydrolysis) is 1. The Hall–Kier alpha value is -1.83. The first-order chi connectivity index (χ1) is 10.7. The molecule has 7 nitrogen and oxygen atoms in total. The van der Waals surface area contributed by atoms with Crippen LogP contribution in [0, 0.1) is 0 Å². The lowest BCUT2D eigenvalue weighted by Gasteiger charge is -2.24. The molecule has 0 aliphatic carbocycles. The van der Waals surface area contributed by atoms with E-state index in [1.165, 1.54) is 0 Å². The van der Waals surface area contributed by atoms with Crippen LogP contribution in [0.4, 0.5) is 14.9 Å². The molecule has 1 aromatic rings. The van der Waals surface area contributed by atoms with Crippen molar-refractivity contribution in [2.75, 3.05) is 12.3 Å². The molecule has 1 aliphatic rings. The summed E-state index contributed by atoms with van der Waals surface area (Å²) in [7, 11) is 1.77. The standard InChI is InChI=1S/C15H25FN4O3/c1-15(2,3)23-14(21)19-11-5-6-12(22-8-9(11)16)13-10(17)7-18-20(13)4/h7,9,11-12H,5-6,8,17H2,1-4H3,(H,19,21)/t9-,11-,12?/m1/s1. The predicted molar refractivity (Wildman–Crippen MR) is 83.6 cm³/mol. The van der Waals surface area contributed by atoms with Gasteiger partial charge in [-0.2, -0.15) is 5.10 Å². The minimum absolute atomic E-state index is 0.115. The molecule has 130 valence electrons. The van der Waals surface area contributed by atoms with Crippen molar-refractivity contribution in [1.29, 1.82) is 0 Å². The highest BCUT2D eigenvalue weighted by atomic mass is 19.1. The number of nitrogen functional groups attached to an aromatic ring is 1. The molecule has 3 atom stereocenters. The zero-order chi connectivity index (χ0) is 17.2. The molecule has 1 aromatic heterocycles. The minimum Gasteiger partial charge on any atom is -0.444 e. The highest BCUT2D eigenvalue weighted by Gasteiger charge is 2.32. The summed E-state index contributed by atoms with van der Waals surface area (Å²) in [6.07, 6.45) is 0.240. The Balaban J connectivity index is 2.00. The van der Waals surface area contributed by atoms with Gasteiger partial charge in [-0.15, -0.1) is 0 Å². The maximum Gasteiger partial charge on any atom is 0.407 e. The van der Waals surface area contributed by atoms with Crippen LogP contribution in [-0.2, 0) is 16.5 Å². The summed E-state index contributed by atoms with van der Waals surface area (Å²) in [6.45, 7) is 5.17. The molecule has 1 saturated heterocycles. The molecular weight excluding hydrogens is 303 g/mol. The van der Waals surface area contributed by atoms with E-state index in [4.69, 9.17) is 15.2 Å². The number of nitrogens with one attached hydrogen (secondary N) is 1. The third kappa shape index (κ3) is 4.57. The Morgan fingerprint density at radius 3 is 2.78 bits per heavy atom. The Labute approximate surface area is 135 Å². The number of aryl methyl sites for hydroxylation is 1. The van der Waals surface area contributed by atoms with Gasteiger partial charge in [0, 0.05) is 7.05 Å². The number of amides is 1. The summed E-state index contributed by atoms with van der Waals surface area (Å²) < 4.78 is 26.7. The summed E-state index contributed by atoms with van der Waals surface area (Å²) in [5.74, 6) is 0. The van der Waals surface area contributed by atoms with Gasteiger partial charge in [-0.25, -0.2) is 9.18 Å². The maximum atomic E-state index is 14.3. The number of hydrogen-bond donors (Lipinski definition) is 2. The molecule has 0 radical (unpaired) electrons. The Morgan fingerprint density at radius 1 is 1.52 bits per heavy atom. The van der Waals surface area contributed by atoms with Crippen molar-refractivity contribution in [1.82, 2.24) is 15.1 Å². The number of anilines is 1. The van der Waals surface area contributed by atoms with Crippen LogP contribution in [0.5, 0.6) is 0 Å². The van der Waals surface area contributed by atoms with Crippen LogP contribution in [0.25, 0.3) is 0 Å². The zero-order valence-electron chi connectivity index (χ0n) is 14.0. The van der Waals surface area contributed by atoms with Crippen LogP contribution in [-0.4, -0.2) is 40.3 Å². The number of nitrogens with zero attached hydrogens (tertiary/aromatic N) is 2. The van der Waals surface area contributed by atoms with Gasteiger partial charge in [0.2, 0.25) is 0 Å². The lowest BCUT2D eigenvalue weighted by molar-refractivity contribution is 0.0203. The van der Waals surface area contributed by atoms with Crippen LogP contribution in [0.15, 0.2) is 6.20 Å². The molecular formula is C15H25FN4O3. The highest BCUT2D eigenvalue weighted by Crippen LogP contribution is 2.31. The van der Waals surface area contributed by atoms with Crippen LogP contribution in [0.3, 0.4) is 0 Å². The average Bonchev–Trinajstić information content (AvgIpc) is 2.64. The van der Waals surface area contributed by atoms with Gasteiger partial charge < -0.3 is 20.5 Å². The summed E-state index contributed by atoms with van der Waals surface area (Å²) in [5, 5.41) is 6.67. The number of carbonyl (C=O) groups is 1. The van der Waals surface area contributed by atoms with Gasteiger partial charge >= 0.3 is 6.09 Å². The molecule has 8 heteroatoms. The fraction of sp³-hybridized carbons (Fsp3) is 0.733. The fourth-order valence-electron chi connectivity index (χ4n) is 2.61. The summed E-state index contributed by atoms with van der Waals surface area (Å²) in [5.41, 5.74) is 6.53. The average molecular weight is 328 g/mol. The SMILES string of the molecule is Cn1ncc(N)c1C1CC[C@@H](NC(=O)OC(C)(C)C)[C@H](F)CO1. The van der Waals surface area contributed by atoms with Crippen molar-refractivity contribution >= 4 is 11.8 Å². The number of nitrogens with two attached hydrogens (primary N) is 1. The quantitative estimate of drug-likeness (QED) is 0.867. The van der Waals surface area contributed by atoms with Crippen molar-refractivity contribution in [3.8, 4) is 0 Å². The highest BCUT2D eigenvalue weighted by molar-refractivity contribution is 5.68. The number of aromatic nitrogens is 2. The van der Waals surface area contributed by atoms with Crippen molar-refractivity contribution in [2.45, 2.75) is 57.5 Å². The number of ether oxygens (including phenoxy) is 2. The largest absolute Gasteiger partial charge is 0.444 e. The lowest BCUT2D eigenvalue weighted by Crippen LogP contribution is -2.44. The topological polar surface area (TPSA) is 91.4 Å². The van der Waals surface area contributed by atoms with E-state index in [-0.39, 0.29) is 12.7 Å². The molecule has 0 aromatic carbocycles. The third-order valence-corrected chi connectivity index (χ3v) is 3.65. The molecule has 0 saturated carbocycles. The van der Waals surface area contributed by atoms with E-state index in [1.807, 2.05) is 0 Å². The Morgan fingerprint density at radius 2 is 2.22 bits per heavy atom. The maximum absolute atomic E-state index is 14.3.